The van der Waals surface area contributed by atoms with Gasteiger partial charge in [-0.05, 0) is 20.0 Å². The highest BCUT2D eigenvalue weighted by Gasteiger charge is 2.15. The van der Waals surface area contributed by atoms with Gasteiger partial charge in [-0.1, -0.05) is 6.07 Å². The lowest BCUT2D eigenvalue weighted by Gasteiger charge is -2.02. The second-order valence-corrected chi connectivity index (χ2v) is 3.76. The monoisotopic (exact) mass is 248 g/mol. The van der Waals surface area contributed by atoms with Crippen LogP contribution in [0.4, 0.5) is 5.69 Å². The summed E-state index contributed by atoms with van der Waals surface area (Å²) in [6.45, 7) is 1.88. The van der Waals surface area contributed by atoms with Crippen molar-refractivity contribution in [2.45, 2.75) is 13.0 Å². The number of aromatic nitrogens is 2. The molecule has 94 valence electrons. The molecule has 2 aromatic rings. The molecule has 1 unspecified atom stereocenters. The van der Waals surface area contributed by atoms with Crippen molar-refractivity contribution in [3.05, 3.63) is 40.3 Å². The van der Waals surface area contributed by atoms with Crippen molar-refractivity contribution in [2.75, 3.05) is 7.05 Å². The molecule has 0 fully saturated rings. The summed E-state index contributed by atoms with van der Waals surface area (Å²) in [5.74, 6) is 0.717. The molecule has 1 atom stereocenters. The van der Waals surface area contributed by atoms with Crippen molar-refractivity contribution in [3.63, 3.8) is 0 Å². The van der Waals surface area contributed by atoms with Crippen LogP contribution in [0.25, 0.3) is 11.5 Å². The Morgan fingerprint density at radius 1 is 1.44 bits per heavy atom. The first-order valence-corrected chi connectivity index (χ1v) is 5.37. The van der Waals surface area contributed by atoms with E-state index in [1.807, 2.05) is 6.92 Å². The maximum Gasteiger partial charge on any atom is 0.270 e. The number of non-ortho nitro benzene ring substituents is 1. The fourth-order valence-corrected chi connectivity index (χ4v) is 1.40. The largest absolute Gasteiger partial charge is 0.419 e. The molecule has 0 saturated carbocycles. The van der Waals surface area contributed by atoms with E-state index in [0.717, 1.165) is 0 Å². The van der Waals surface area contributed by atoms with Gasteiger partial charge in [0.15, 0.2) is 0 Å². The molecule has 0 saturated heterocycles. The molecule has 0 aliphatic carbocycles. The van der Waals surface area contributed by atoms with Crippen LogP contribution >= 0.6 is 0 Å². The Labute approximate surface area is 103 Å². The fourth-order valence-electron chi connectivity index (χ4n) is 1.40. The number of benzene rings is 1. The number of hydrogen-bond donors (Lipinski definition) is 1. The summed E-state index contributed by atoms with van der Waals surface area (Å²) >= 11 is 0. The Morgan fingerprint density at radius 3 is 2.89 bits per heavy atom. The van der Waals surface area contributed by atoms with Crippen molar-refractivity contribution >= 4 is 5.69 Å². The molecule has 18 heavy (non-hydrogen) atoms. The third kappa shape index (κ3) is 2.35. The van der Waals surface area contributed by atoms with E-state index in [2.05, 4.69) is 15.5 Å². The molecule has 0 aliphatic heterocycles. The second kappa shape index (κ2) is 4.92. The first kappa shape index (κ1) is 12.2. The molecule has 0 bridgehead atoms. The summed E-state index contributed by atoms with van der Waals surface area (Å²) in [6.07, 6.45) is 0. The predicted molar refractivity (Wildman–Crippen MR) is 63.9 cm³/mol. The van der Waals surface area contributed by atoms with Gasteiger partial charge in [0.2, 0.25) is 11.8 Å². The van der Waals surface area contributed by atoms with Crippen molar-refractivity contribution in [1.29, 1.82) is 0 Å². The van der Waals surface area contributed by atoms with E-state index in [9.17, 15) is 10.1 Å². The quantitative estimate of drug-likeness (QED) is 0.656. The smallest absolute Gasteiger partial charge is 0.270 e. The summed E-state index contributed by atoms with van der Waals surface area (Å²) in [5.41, 5.74) is 0.528. The maximum atomic E-state index is 10.7. The first-order chi connectivity index (χ1) is 8.61. The third-order valence-corrected chi connectivity index (χ3v) is 2.55. The van der Waals surface area contributed by atoms with Gasteiger partial charge in [0.25, 0.3) is 5.69 Å². The molecule has 7 nitrogen and oxygen atoms in total. The predicted octanol–water partition coefficient (Wildman–Crippen LogP) is 1.93. The minimum Gasteiger partial charge on any atom is -0.419 e. The van der Waals surface area contributed by atoms with E-state index >= 15 is 0 Å². The van der Waals surface area contributed by atoms with Gasteiger partial charge >= 0.3 is 0 Å². The Bertz CT molecular complexity index is 567. The number of nitro benzene ring substituents is 1. The Morgan fingerprint density at radius 2 is 2.22 bits per heavy atom. The number of hydrogen-bond acceptors (Lipinski definition) is 6. The molecule has 1 N–H and O–H groups in total. The standard InChI is InChI=1S/C11H12N4O3/c1-7(12-2)10-13-14-11(18-10)8-4-3-5-9(6-8)15(16)17/h3-7,12H,1-2H3. The van der Waals surface area contributed by atoms with Crippen molar-refractivity contribution in [2.24, 2.45) is 0 Å². The van der Waals surface area contributed by atoms with Gasteiger partial charge in [-0.2, -0.15) is 0 Å². The summed E-state index contributed by atoms with van der Waals surface area (Å²) in [5, 5.41) is 21.4. The number of nitrogens with zero attached hydrogens (tertiary/aromatic N) is 3. The summed E-state index contributed by atoms with van der Waals surface area (Å²) < 4.78 is 5.45. The average molecular weight is 248 g/mol. The second-order valence-electron chi connectivity index (χ2n) is 3.76. The zero-order valence-corrected chi connectivity index (χ0v) is 9.95. The van der Waals surface area contributed by atoms with Crippen LogP contribution in [0, 0.1) is 10.1 Å². The number of nitrogens with one attached hydrogen (secondary N) is 1. The molecule has 2 rings (SSSR count). The van der Waals surface area contributed by atoms with Crippen LogP contribution < -0.4 is 5.32 Å². The molecule has 7 heteroatoms. The van der Waals surface area contributed by atoms with Crippen LogP contribution in [0.15, 0.2) is 28.7 Å². The highest BCUT2D eigenvalue weighted by atomic mass is 16.6. The van der Waals surface area contributed by atoms with Crippen molar-refractivity contribution in [3.8, 4) is 11.5 Å². The third-order valence-electron chi connectivity index (χ3n) is 2.55. The molecular formula is C11H12N4O3. The van der Waals surface area contributed by atoms with E-state index in [1.165, 1.54) is 12.1 Å². The van der Waals surface area contributed by atoms with Gasteiger partial charge in [0.05, 0.1) is 11.0 Å². The van der Waals surface area contributed by atoms with E-state index in [-0.39, 0.29) is 17.6 Å². The van der Waals surface area contributed by atoms with Gasteiger partial charge in [-0.3, -0.25) is 10.1 Å². The molecule has 0 radical (unpaired) electrons. The minimum absolute atomic E-state index is 0.00563. The lowest BCUT2D eigenvalue weighted by molar-refractivity contribution is -0.384. The van der Waals surface area contributed by atoms with Crippen LogP contribution in [0.5, 0.6) is 0 Å². The Kier molecular flexibility index (Phi) is 3.33. The van der Waals surface area contributed by atoms with Gasteiger partial charge in [0, 0.05) is 17.7 Å². The van der Waals surface area contributed by atoms with Gasteiger partial charge in [-0.25, -0.2) is 0 Å². The number of nitro groups is 1. The highest BCUT2D eigenvalue weighted by molar-refractivity contribution is 5.57. The van der Waals surface area contributed by atoms with E-state index < -0.39 is 4.92 Å². The molecule has 1 aromatic carbocycles. The molecule has 0 amide bonds. The molecule has 0 aliphatic rings. The number of rotatable bonds is 4. The maximum absolute atomic E-state index is 10.7. The van der Waals surface area contributed by atoms with Crippen LogP contribution in [0.3, 0.4) is 0 Å². The van der Waals surface area contributed by atoms with E-state index in [0.29, 0.717) is 11.5 Å². The van der Waals surface area contributed by atoms with E-state index in [4.69, 9.17) is 4.42 Å². The minimum atomic E-state index is -0.461. The zero-order valence-electron chi connectivity index (χ0n) is 9.95. The van der Waals surface area contributed by atoms with Gasteiger partial charge in [-0.15, -0.1) is 10.2 Å². The lowest BCUT2D eigenvalue weighted by Crippen LogP contribution is -2.12. The lowest BCUT2D eigenvalue weighted by atomic mass is 10.2. The van der Waals surface area contributed by atoms with Gasteiger partial charge in [0.1, 0.15) is 0 Å². The summed E-state index contributed by atoms with van der Waals surface area (Å²) in [6, 6.07) is 6.02. The summed E-state index contributed by atoms with van der Waals surface area (Å²) in [4.78, 5) is 10.2. The SMILES string of the molecule is CNC(C)c1nnc(-c2cccc([N+](=O)[O-])c2)o1. The van der Waals surface area contributed by atoms with Crippen LogP contribution in [0.1, 0.15) is 18.9 Å². The first-order valence-electron chi connectivity index (χ1n) is 5.37. The van der Waals surface area contributed by atoms with Crippen molar-refractivity contribution in [1.82, 2.24) is 15.5 Å². The Hall–Kier alpha value is -2.28. The molecule has 1 aromatic heterocycles. The molecular weight excluding hydrogens is 236 g/mol. The Balaban J connectivity index is 2.34. The fraction of sp³-hybridized carbons (Fsp3) is 0.273. The van der Waals surface area contributed by atoms with Crippen LogP contribution in [0.2, 0.25) is 0 Å². The average Bonchev–Trinajstić information content (AvgIpc) is 2.87. The summed E-state index contributed by atoms with van der Waals surface area (Å²) in [7, 11) is 1.78. The topological polar surface area (TPSA) is 94.1 Å². The van der Waals surface area contributed by atoms with Crippen LogP contribution in [-0.2, 0) is 0 Å². The van der Waals surface area contributed by atoms with Crippen molar-refractivity contribution < 1.29 is 9.34 Å². The van der Waals surface area contributed by atoms with E-state index in [1.54, 1.807) is 19.2 Å². The normalized spacial score (nSPS) is 12.3. The molecule has 1 heterocycles. The molecule has 0 spiro atoms. The highest BCUT2D eigenvalue weighted by Crippen LogP contribution is 2.23. The van der Waals surface area contributed by atoms with Crippen LogP contribution in [-0.4, -0.2) is 22.2 Å². The van der Waals surface area contributed by atoms with Gasteiger partial charge < -0.3 is 9.73 Å². The zero-order chi connectivity index (χ0) is 13.1.